The summed E-state index contributed by atoms with van der Waals surface area (Å²) in [6, 6.07) is 21.1. The van der Waals surface area contributed by atoms with E-state index in [9.17, 15) is 18.0 Å². The van der Waals surface area contributed by atoms with Gasteiger partial charge in [0.1, 0.15) is 0 Å². The molecule has 34 heavy (non-hydrogen) atoms. The van der Waals surface area contributed by atoms with E-state index in [0.717, 1.165) is 22.0 Å². The zero-order valence-corrected chi connectivity index (χ0v) is 19.1. The number of nitrogens with one attached hydrogen (secondary N) is 2. The van der Waals surface area contributed by atoms with Crippen molar-refractivity contribution in [3.8, 4) is 0 Å². The van der Waals surface area contributed by atoms with Crippen LogP contribution in [-0.4, -0.2) is 43.2 Å². The normalized spacial score (nSPS) is 13.6. The number of fused-ring (bicyclic) bond motifs is 2. The third kappa shape index (κ3) is 4.13. The minimum Gasteiger partial charge on any atom is -0.361 e. The van der Waals surface area contributed by atoms with E-state index >= 15 is 0 Å². The zero-order valence-electron chi connectivity index (χ0n) is 18.3. The lowest BCUT2D eigenvalue weighted by atomic mass is 10.1. The fourth-order valence-corrected chi connectivity index (χ4v) is 5.33. The molecule has 172 valence electrons. The van der Waals surface area contributed by atoms with Crippen LogP contribution in [0.15, 0.2) is 83.9 Å². The molecular weight excluding hydrogens is 450 g/mol. The molecule has 4 aromatic rings. The predicted octanol–water partition coefficient (Wildman–Crippen LogP) is 3.53. The number of nitrogens with zero attached hydrogens (tertiary/aromatic N) is 1. The fraction of sp³-hybridized carbons (Fsp3) is 0.154. The zero-order chi connectivity index (χ0) is 23.7. The molecule has 0 fully saturated rings. The highest BCUT2D eigenvalue weighted by atomic mass is 32.2. The maximum absolute atomic E-state index is 12.6. The molecule has 1 aliphatic rings. The molecular formula is C26H23N3O4S. The SMILES string of the molecule is O=C1c2ccccc2C(=O)N1CCc1c[nH]c2ccc(CCNS(=O)(=O)c3ccccc3)cc12. The summed E-state index contributed by atoms with van der Waals surface area (Å²) in [5.74, 6) is -0.515. The third-order valence-corrected chi connectivity index (χ3v) is 7.55. The van der Waals surface area contributed by atoms with E-state index in [2.05, 4.69) is 9.71 Å². The van der Waals surface area contributed by atoms with Crippen molar-refractivity contribution in [1.29, 1.82) is 0 Å². The number of H-pyrrole nitrogens is 1. The monoisotopic (exact) mass is 473 g/mol. The molecule has 7 nitrogen and oxygen atoms in total. The van der Waals surface area contributed by atoms with E-state index in [-0.39, 0.29) is 23.3 Å². The highest BCUT2D eigenvalue weighted by Crippen LogP contribution is 2.25. The first-order chi connectivity index (χ1) is 16.4. The molecule has 0 aliphatic carbocycles. The van der Waals surface area contributed by atoms with Crippen LogP contribution in [0.2, 0.25) is 0 Å². The average molecular weight is 474 g/mol. The summed E-state index contributed by atoms with van der Waals surface area (Å²) in [7, 11) is -3.55. The van der Waals surface area contributed by atoms with Crippen LogP contribution in [0.25, 0.3) is 10.9 Å². The summed E-state index contributed by atoms with van der Waals surface area (Å²) < 4.78 is 27.5. The van der Waals surface area contributed by atoms with E-state index in [1.54, 1.807) is 54.6 Å². The van der Waals surface area contributed by atoms with Crippen LogP contribution in [0.1, 0.15) is 31.8 Å². The van der Waals surface area contributed by atoms with E-state index in [1.165, 1.54) is 4.90 Å². The molecule has 0 unspecified atom stereocenters. The van der Waals surface area contributed by atoms with E-state index in [1.807, 2.05) is 24.4 Å². The van der Waals surface area contributed by atoms with E-state index in [4.69, 9.17) is 0 Å². The number of sulfonamides is 1. The number of carbonyl (C=O) groups is 2. The molecule has 0 saturated carbocycles. The van der Waals surface area contributed by atoms with Crippen molar-refractivity contribution in [3.05, 3.63) is 101 Å². The highest BCUT2D eigenvalue weighted by molar-refractivity contribution is 7.89. The van der Waals surface area contributed by atoms with Crippen LogP contribution >= 0.6 is 0 Å². The standard InChI is InChI=1S/C26H23N3O4S/c30-25-21-8-4-5-9-22(21)26(31)29(25)15-13-19-17-27-24-11-10-18(16-23(19)24)12-14-28-34(32,33)20-6-2-1-3-7-20/h1-11,16-17,27-28H,12-15H2. The van der Waals surface area contributed by atoms with Gasteiger partial charge in [-0.1, -0.05) is 36.4 Å². The second-order valence-electron chi connectivity index (χ2n) is 8.21. The van der Waals surface area contributed by atoms with Crippen LogP contribution in [0, 0.1) is 0 Å². The average Bonchev–Trinajstić information content (AvgIpc) is 3.36. The summed E-state index contributed by atoms with van der Waals surface area (Å²) in [4.78, 5) is 30.0. The first kappa shape index (κ1) is 22.1. The Bertz CT molecular complexity index is 1460. The van der Waals surface area contributed by atoms with Gasteiger partial charge < -0.3 is 4.98 Å². The molecule has 1 aliphatic heterocycles. The molecule has 1 aromatic heterocycles. The second-order valence-corrected chi connectivity index (χ2v) is 9.98. The van der Waals surface area contributed by atoms with Crippen LogP contribution < -0.4 is 4.72 Å². The summed E-state index contributed by atoms with van der Waals surface area (Å²) >= 11 is 0. The number of imide groups is 1. The number of hydrogen-bond acceptors (Lipinski definition) is 4. The first-order valence-electron chi connectivity index (χ1n) is 11.0. The van der Waals surface area contributed by atoms with Crippen LogP contribution in [-0.2, 0) is 22.9 Å². The van der Waals surface area contributed by atoms with Crippen molar-refractivity contribution in [3.63, 3.8) is 0 Å². The van der Waals surface area contributed by atoms with E-state index in [0.29, 0.717) is 30.5 Å². The van der Waals surface area contributed by atoms with Crippen molar-refractivity contribution in [2.24, 2.45) is 0 Å². The Balaban J connectivity index is 1.26. The van der Waals surface area contributed by atoms with Crippen LogP contribution in [0.4, 0.5) is 0 Å². The topological polar surface area (TPSA) is 99.3 Å². The molecule has 2 heterocycles. The minimum atomic E-state index is -3.55. The Labute approximate surface area is 197 Å². The quantitative estimate of drug-likeness (QED) is 0.383. The van der Waals surface area contributed by atoms with Gasteiger partial charge in [0.15, 0.2) is 0 Å². The number of amides is 2. The van der Waals surface area contributed by atoms with Gasteiger partial charge in [-0.3, -0.25) is 14.5 Å². The van der Waals surface area contributed by atoms with Crippen molar-refractivity contribution in [1.82, 2.24) is 14.6 Å². The highest BCUT2D eigenvalue weighted by Gasteiger charge is 2.34. The molecule has 2 amide bonds. The first-order valence-corrected chi connectivity index (χ1v) is 12.5. The number of aromatic nitrogens is 1. The molecule has 3 aromatic carbocycles. The summed E-state index contributed by atoms with van der Waals surface area (Å²) in [6.07, 6.45) is 2.95. The van der Waals surface area contributed by atoms with E-state index < -0.39 is 10.0 Å². The molecule has 8 heteroatoms. The Morgan fingerprint density at radius 2 is 1.50 bits per heavy atom. The van der Waals surface area contributed by atoms with Gasteiger partial charge in [-0.05, 0) is 60.4 Å². The molecule has 0 bridgehead atoms. The number of carbonyl (C=O) groups excluding carboxylic acids is 2. The maximum atomic E-state index is 12.6. The number of benzene rings is 3. The summed E-state index contributed by atoms with van der Waals surface area (Å²) in [6.45, 7) is 0.567. The van der Waals surface area contributed by atoms with Crippen molar-refractivity contribution in [2.75, 3.05) is 13.1 Å². The van der Waals surface area contributed by atoms with Crippen molar-refractivity contribution >= 4 is 32.7 Å². The lowest BCUT2D eigenvalue weighted by molar-refractivity contribution is 0.0656. The van der Waals surface area contributed by atoms with Gasteiger partial charge in [0.25, 0.3) is 11.8 Å². The molecule has 0 radical (unpaired) electrons. The number of hydrogen-bond donors (Lipinski definition) is 2. The lowest BCUT2D eigenvalue weighted by Crippen LogP contribution is -2.31. The Morgan fingerprint density at radius 1 is 0.824 bits per heavy atom. The van der Waals surface area contributed by atoms with Gasteiger partial charge >= 0.3 is 0 Å². The van der Waals surface area contributed by atoms with Gasteiger partial charge in [0, 0.05) is 30.2 Å². The Morgan fingerprint density at radius 3 is 2.21 bits per heavy atom. The van der Waals surface area contributed by atoms with Crippen LogP contribution in [0.5, 0.6) is 0 Å². The van der Waals surface area contributed by atoms with Crippen molar-refractivity contribution < 1.29 is 18.0 Å². The van der Waals surface area contributed by atoms with Gasteiger partial charge in [-0.2, -0.15) is 0 Å². The summed E-state index contributed by atoms with van der Waals surface area (Å²) in [5.41, 5.74) is 3.84. The molecule has 0 saturated heterocycles. The third-order valence-electron chi connectivity index (χ3n) is 6.07. The fourth-order valence-electron chi connectivity index (χ4n) is 4.28. The Hall–Kier alpha value is -3.75. The summed E-state index contributed by atoms with van der Waals surface area (Å²) in [5, 5.41) is 1.00. The molecule has 0 atom stereocenters. The lowest BCUT2D eigenvalue weighted by Gasteiger charge is -2.13. The van der Waals surface area contributed by atoms with Gasteiger partial charge in [-0.15, -0.1) is 0 Å². The van der Waals surface area contributed by atoms with Crippen LogP contribution in [0.3, 0.4) is 0 Å². The number of rotatable bonds is 8. The van der Waals surface area contributed by atoms with Crippen molar-refractivity contribution in [2.45, 2.75) is 17.7 Å². The molecule has 0 spiro atoms. The molecule has 5 rings (SSSR count). The largest absolute Gasteiger partial charge is 0.361 e. The predicted molar refractivity (Wildman–Crippen MR) is 129 cm³/mol. The maximum Gasteiger partial charge on any atom is 0.261 e. The smallest absolute Gasteiger partial charge is 0.261 e. The van der Waals surface area contributed by atoms with Gasteiger partial charge in [-0.25, -0.2) is 13.1 Å². The van der Waals surface area contributed by atoms with Gasteiger partial charge in [0.05, 0.1) is 16.0 Å². The Kier molecular flexibility index (Phi) is 5.77. The minimum absolute atomic E-state index is 0.242. The second kappa shape index (κ2) is 8.89. The molecule has 2 N–H and O–H groups in total. The number of aromatic amines is 1. The van der Waals surface area contributed by atoms with Gasteiger partial charge in [0.2, 0.25) is 10.0 Å².